The lowest BCUT2D eigenvalue weighted by Gasteiger charge is -2.06. The average molecular weight is 199 g/mol. The van der Waals surface area contributed by atoms with Crippen LogP contribution in [0.4, 0.5) is 5.69 Å². The van der Waals surface area contributed by atoms with Crippen molar-refractivity contribution in [2.24, 2.45) is 4.99 Å². The molecule has 0 radical (unpaired) electrons. The lowest BCUT2D eigenvalue weighted by molar-refractivity contribution is 0.416. The number of hydrogen-bond donors (Lipinski definition) is 0. The molecule has 0 saturated carbocycles. The van der Waals surface area contributed by atoms with Crippen LogP contribution in [0, 0.1) is 0 Å². The molecule has 0 bridgehead atoms. The van der Waals surface area contributed by atoms with Crippen molar-refractivity contribution in [3.8, 4) is 5.75 Å². The van der Waals surface area contributed by atoms with Gasteiger partial charge in [-0.05, 0) is 11.5 Å². The van der Waals surface area contributed by atoms with E-state index in [1.54, 1.807) is 19.3 Å². The number of fused-ring (bicyclic) bond motifs is 1. The summed E-state index contributed by atoms with van der Waals surface area (Å²) in [5.74, 6) is 0.581. The highest BCUT2D eigenvalue weighted by Crippen LogP contribution is 2.34. The fourth-order valence-corrected chi connectivity index (χ4v) is 1.56. The maximum absolute atomic E-state index is 10.3. The lowest BCUT2D eigenvalue weighted by Crippen LogP contribution is -1.84. The molecular formula is C12H9NO2. The first-order chi connectivity index (χ1) is 7.36. The summed E-state index contributed by atoms with van der Waals surface area (Å²) in [7, 11) is 1.55. The largest absolute Gasteiger partial charge is 0.494 e. The summed E-state index contributed by atoms with van der Waals surface area (Å²) in [6.07, 6.45) is 1.55. The molecule has 0 N–H and O–H groups in total. The van der Waals surface area contributed by atoms with E-state index >= 15 is 0 Å². The Bertz CT molecular complexity index is 542. The fraction of sp³-hybridized carbons (Fsp3) is 0.0833. The van der Waals surface area contributed by atoms with E-state index in [0.717, 1.165) is 10.8 Å². The van der Waals surface area contributed by atoms with Crippen molar-refractivity contribution in [3.63, 3.8) is 0 Å². The van der Waals surface area contributed by atoms with Crippen LogP contribution in [-0.4, -0.2) is 13.2 Å². The van der Waals surface area contributed by atoms with Crippen LogP contribution >= 0.6 is 0 Å². The van der Waals surface area contributed by atoms with E-state index in [1.807, 2.05) is 30.3 Å². The van der Waals surface area contributed by atoms with Gasteiger partial charge in [0.05, 0.1) is 7.11 Å². The van der Waals surface area contributed by atoms with Crippen molar-refractivity contribution in [2.45, 2.75) is 0 Å². The molecule has 3 heteroatoms. The third kappa shape index (κ3) is 1.60. The molecule has 15 heavy (non-hydrogen) atoms. The minimum absolute atomic E-state index is 0.533. The number of methoxy groups -OCH3 is 1. The predicted octanol–water partition coefficient (Wildman–Crippen LogP) is 2.82. The third-order valence-corrected chi connectivity index (χ3v) is 2.24. The van der Waals surface area contributed by atoms with Gasteiger partial charge >= 0.3 is 0 Å². The minimum Gasteiger partial charge on any atom is -0.494 e. The summed E-state index contributed by atoms with van der Waals surface area (Å²) in [4.78, 5) is 14.0. The Morgan fingerprint density at radius 3 is 2.73 bits per heavy atom. The number of hydrogen-bond acceptors (Lipinski definition) is 3. The molecule has 3 nitrogen and oxygen atoms in total. The molecule has 0 aliphatic rings. The molecule has 0 unspecified atom stereocenters. The molecule has 2 aromatic rings. The first kappa shape index (κ1) is 9.44. The smallest absolute Gasteiger partial charge is 0.240 e. The Morgan fingerprint density at radius 2 is 2.00 bits per heavy atom. The van der Waals surface area contributed by atoms with Gasteiger partial charge in [0.2, 0.25) is 6.08 Å². The second-order valence-electron chi connectivity index (χ2n) is 3.04. The van der Waals surface area contributed by atoms with E-state index in [0.29, 0.717) is 11.4 Å². The number of benzene rings is 2. The Labute approximate surface area is 87.0 Å². The zero-order valence-electron chi connectivity index (χ0n) is 8.23. The summed E-state index contributed by atoms with van der Waals surface area (Å²) in [6, 6.07) is 11.4. The van der Waals surface area contributed by atoms with Crippen LogP contribution in [0.15, 0.2) is 41.4 Å². The number of carbonyl (C=O) groups excluding carboxylic acids is 1. The van der Waals surface area contributed by atoms with Crippen molar-refractivity contribution in [1.29, 1.82) is 0 Å². The summed E-state index contributed by atoms with van der Waals surface area (Å²) >= 11 is 0. The van der Waals surface area contributed by atoms with Gasteiger partial charge in [-0.1, -0.05) is 30.3 Å². The SMILES string of the molecule is COc1ccc2ccccc2c1N=C=O. The third-order valence-electron chi connectivity index (χ3n) is 2.24. The van der Waals surface area contributed by atoms with E-state index < -0.39 is 0 Å². The molecule has 0 atom stereocenters. The molecular weight excluding hydrogens is 190 g/mol. The molecule has 0 spiro atoms. The first-order valence-corrected chi connectivity index (χ1v) is 4.50. The Morgan fingerprint density at radius 1 is 1.20 bits per heavy atom. The second-order valence-corrected chi connectivity index (χ2v) is 3.04. The summed E-state index contributed by atoms with van der Waals surface area (Å²) in [5, 5.41) is 1.91. The van der Waals surface area contributed by atoms with Crippen LogP contribution in [0.2, 0.25) is 0 Å². The van der Waals surface area contributed by atoms with Crippen LogP contribution in [0.1, 0.15) is 0 Å². The van der Waals surface area contributed by atoms with Crippen molar-refractivity contribution in [1.82, 2.24) is 0 Å². The summed E-state index contributed by atoms with van der Waals surface area (Å²) in [5.41, 5.74) is 0.533. The Hall–Kier alpha value is -2.12. The number of aliphatic imine (C=N–C) groups is 1. The molecule has 2 rings (SSSR count). The van der Waals surface area contributed by atoms with Gasteiger partial charge in [-0.15, -0.1) is 0 Å². The molecule has 0 saturated heterocycles. The summed E-state index contributed by atoms with van der Waals surface area (Å²) in [6.45, 7) is 0. The van der Waals surface area contributed by atoms with Crippen LogP contribution < -0.4 is 4.74 Å². The fourth-order valence-electron chi connectivity index (χ4n) is 1.56. The molecule has 2 aromatic carbocycles. The predicted molar refractivity (Wildman–Crippen MR) is 58.3 cm³/mol. The molecule has 0 aromatic heterocycles. The van der Waals surface area contributed by atoms with Crippen molar-refractivity contribution < 1.29 is 9.53 Å². The number of rotatable bonds is 2. The molecule has 0 heterocycles. The molecule has 0 aliphatic carbocycles. The zero-order valence-corrected chi connectivity index (χ0v) is 8.23. The average Bonchev–Trinajstić information content (AvgIpc) is 2.30. The van der Waals surface area contributed by atoms with Crippen molar-refractivity contribution in [3.05, 3.63) is 36.4 Å². The standard InChI is InChI=1S/C12H9NO2/c1-15-11-7-6-9-4-2-3-5-10(9)12(11)13-8-14/h2-7H,1H3. The van der Waals surface area contributed by atoms with E-state index in [4.69, 9.17) is 4.74 Å². The monoisotopic (exact) mass is 199 g/mol. The van der Waals surface area contributed by atoms with E-state index in [9.17, 15) is 4.79 Å². The maximum atomic E-state index is 10.3. The van der Waals surface area contributed by atoms with Crippen molar-refractivity contribution >= 4 is 22.5 Å². The molecule has 0 fully saturated rings. The van der Waals surface area contributed by atoms with Gasteiger partial charge in [0.1, 0.15) is 11.4 Å². The van der Waals surface area contributed by atoms with E-state index in [1.165, 1.54) is 0 Å². The second kappa shape index (κ2) is 3.95. The van der Waals surface area contributed by atoms with Gasteiger partial charge in [0.25, 0.3) is 0 Å². The normalized spacial score (nSPS) is 9.67. The van der Waals surface area contributed by atoms with Gasteiger partial charge in [0.15, 0.2) is 0 Å². The van der Waals surface area contributed by atoms with E-state index in [2.05, 4.69) is 4.99 Å². The maximum Gasteiger partial charge on any atom is 0.240 e. The zero-order chi connectivity index (χ0) is 10.7. The lowest BCUT2D eigenvalue weighted by atomic mass is 10.1. The van der Waals surface area contributed by atoms with Crippen LogP contribution in [0.5, 0.6) is 5.75 Å². The number of ether oxygens (including phenoxy) is 1. The molecule has 0 amide bonds. The van der Waals surface area contributed by atoms with Crippen molar-refractivity contribution in [2.75, 3.05) is 7.11 Å². The van der Waals surface area contributed by atoms with Gasteiger partial charge in [-0.3, -0.25) is 0 Å². The number of nitrogens with zero attached hydrogens (tertiary/aromatic N) is 1. The Kier molecular flexibility index (Phi) is 2.48. The topological polar surface area (TPSA) is 38.7 Å². The molecule has 0 aliphatic heterocycles. The highest BCUT2D eigenvalue weighted by Gasteiger charge is 2.06. The van der Waals surface area contributed by atoms with Crippen LogP contribution in [0.3, 0.4) is 0 Å². The first-order valence-electron chi connectivity index (χ1n) is 4.50. The van der Waals surface area contributed by atoms with Crippen LogP contribution in [-0.2, 0) is 4.79 Å². The van der Waals surface area contributed by atoms with Gasteiger partial charge in [-0.2, -0.15) is 4.99 Å². The Balaban J connectivity index is 2.84. The highest BCUT2D eigenvalue weighted by atomic mass is 16.5. The van der Waals surface area contributed by atoms with E-state index in [-0.39, 0.29) is 0 Å². The highest BCUT2D eigenvalue weighted by molar-refractivity contribution is 5.96. The van der Waals surface area contributed by atoms with Gasteiger partial charge in [0, 0.05) is 5.39 Å². The summed E-state index contributed by atoms with van der Waals surface area (Å²) < 4.78 is 5.13. The van der Waals surface area contributed by atoms with Crippen LogP contribution in [0.25, 0.3) is 10.8 Å². The van der Waals surface area contributed by atoms with Gasteiger partial charge in [-0.25, -0.2) is 4.79 Å². The minimum atomic E-state index is 0.533. The van der Waals surface area contributed by atoms with Gasteiger partial charge < -0.3 is 4.74 Å². The quantitative estimate of drug-likeness (QED) is 0.551. The molecule has 74 valence electrons. The number of isocyanates is 1.